The highest BCUT2D eigenvalue weighted by Gasteiger charge is 2.20. The summed E-state index contributed by atoms with van der Waals surface area (Å²) in [4.78, 5) is 0. The van der Waals surface area contributed by atoms with Gasteiger partial charge in [-0.1, -0.05) is 26.2 Å². The molecule has 0 spiro atoms. The van der Waals surface area contributed by atoms with E-state index in [1.165, 1.54) is 25.7 Å². The van der Waals surface area contributed by atoms with Crippen LogP contribution in [0.1, 0.15) is 38.2 Å². The monoisotopic (exact) mass is 219 g/mol. The van der Waals surface area contributed by atoms with Gasteiger partial charge < -0.3 is 5.32 Å². The van der Waals surface area contributed by atoms with Gasteiger partial charge in [0.1, 0.15) is 5.82 Å². The third kappa shape index (κ3) is 2.94. The third-order valence-corrected chi connectivity index (χ3v) is 3.63. The van der Waals surface area contributed by atoms with Crippen molar-refractivity contribution in [1.29, 1.82) is 0 Å². The number of anilines is 1. The highest BCUT2D eigenvalue weighted by Crippen LogP contribution is 2.29. The second-order valence-corrected chi connectivity index (χ2v) is 5.02. The van der Waals surface area contributed by atoms with E-state index in [1.807, 2.05) is 6.92 Å². The summed E-state index contributed by atoms with van der Waals surface area (Å²) in [7, 11) is 0. The first-order valence-electron chi connectivity index (χ1n) is 6.29. The minimum absolute atomic E-state index is 0.802. The fourth-order valence-electron chi connectivity index (χ4n) is 2.48. The molecule has 3 heteroatoms. The number of rotatable bonds is 3. The standard InChI is InChI=1S/C13H21N3/c1-10-7-13(16-15-8-10)14-9-12-6-4-3-5-11(12)2/h7-8,11-12H,3-6,9H2,1-2H3,(H,14,16). The Kier molecular flexibility index (Phi) is 3.75. The zero-order valence-electron chi connectivity index (χ0n) is 10.2. The normalized spacial score (nSPS) is 25.4. The van der Waals surface area contributed by atoms with Crippen molar-refractivity contribution in [3.8, 4) is 0 Å². The van der Waals surface area contributed by atoms with Gasteiger partial charge in [0.05, 0.1) is 6.20 Å². The van der Waals surface area contributed by atoms with E-state index >= 15 is 0 Å². The lowest BCUT2D eigenvalue weighted by Crippen LogP contribution is -2.24. The van der Waals surface area contributed by atoms with Crippen molar-refractivity contribution in [1.82, 2.24) is 10.2 Å². The minimum Gasteiger partial charge on any atom is -0.368 e. The van der Waals surface area contributed by atoms with E-state index in [4.69, 9.17) is 0 Å². The quantitative estimate of drug-likeness (QED) is 0.849. The molecule has 0 saturated heterocycles. The summed E-state index contributed by atoms with van der Waals surface area (Å²) in [6.45, 7) is 5.45. The number of aryl methyl sites for hydroxylation is 1. The second-order valence-electron chi connectivity index (χ2n) is 5.02. The van der Waals surface area contributed by atoms with Crippen LogP contribution in [0.15, 0.2) is 12.3 Å². The van der Waals surface area contributed by atoms with Crippen LogP contribution in [0.2, 0.25) is 0 Å². The van der Waals surface area contributed by atoms with Crippen LogP contribution in [0.3, 0.4) is 0 Å². The van der Waals surface area contributed by atoms with E-state index in [9.17, 15) is 0 Å². The molecular weight excluding hydrogens is 198 g/mol. The molecule has 1 N–H and O–H groups in total. The first kappa shape index (κ1) is 11.4. The summed E-state index contributed by atoms with van der Waals surface area (Å²) >= 11 is 0. The van der Waals surface area contributed by atoms with Gasteiger partial charge >= 0.3 is 0 Å². The van der Waals surface area contributed by atoms with Gasteiger partial charge in [0, 0.05) is 6.54 Å². The number of hydrogen-bond acceptors (Lipinski definition) is 3. The molecule has 1 heterocycles. The molecule has 2 atom stereocenters. The van der Waals surface area contributed by atoms with Crippen molar-refractivity contribution in [2.75, 3.05) is 11.9 Å². The molecule has 0 aliphatic heterocycles. The molecule has 1 fully saturated rings. The Morgan fingerprint density at radius 1 is 1.38 bits per heavy atom. The molecule has 16 heavy (non-hydrogen) atoms. The van der Waals surface area contributed by atoms with E-state index in [0.29, 0.717) is 0 Å². The van der Waals surface area contributed by atoms with Crippen LogP contribution in [0.25, 0.3) is 0 Å². The molecule has 0 amide bonds. The Hall–Kier alpha value is -1.12. The summed E-state index contributed by atoms with van der Waals surface area (Å²) in [6, 6.07) is 2.06. The Morgan fingerprint density at radius 3 is 2.94 bits per heavy atom. The fraction of sp³-hybridized carbons (Fsp3) is 0.692. The lowest BCUT2D eigenvalue weighted by atomic mass is 9.80. The molecule has 88 valence electrons. The summed E-state index contributed by atoms with van der Waals surface area (Å²) < 4.78 is 0. The molecule has 1 aromatic rings. The van der Waals surface area contributed by atoms with Crippen LogP contribution in [0.4, 0.5) is 5.82 Å². The smallest absolute Gasteiger partial charge is 0.148 e. The summed E-state index contributed by atoms with van der Waals surface area (Å²) in [6.07, 6.45) is 7.31. The van der Waals surface area contributed by atoms with Crippen molar-refractivity contribution in [2.24, 2.45) is 11.8 Å². The Labute approximate surface area is 97.7 Å². The van der Waals surface area contributed by atoms with Gasteiger partial charge in [-0.15, -0.1) is 5.10 Å². The molecule has 0 radical (unpaired) electrons. The predicted octanol–water partition coefficient (Wildman–Crippen LogP) is 3.02. The van der Waals surface area contributed by atoms with E-state index < -0.39 is 0 Å². The van der Waals surface area contributed by atoms with Crippen LogP contribution in [0.5, 0.6) is 0 Å². The average molecular weight is 219 g/mol. The average Bonchev–Trinajstić information content (AvgIpc) is 2.28. The van der Waals surface area contributed by atoms with Crippen LogP contribution in [-0.2, 0) is 0 Å². The van der Waals surface area contributed by atoms with Gasteiger partial charge in [-0.2, -0.15) is 5.10 Å². The van der Waals surface area contributed by atoms with Crippen molar-refractivity contribution in [2.45, 2.75) is 39.5 Å². The Morgan fingerprint density at radius 2 is 2.19 bits per heavy atom. The molecule has 0 bridgehead atoms. The molecule has 2 unspecified atom stereocenters. The number of aromatic nitrogens is 2. The van der Waals surface area contributed by atoms with Crippen molar-refractivity contribution < 1.29 is 0 Å². The zero-order valence-corrected chi connectivity index (χ0v) is 10.2. The minimum atomic E-state index is 0.802. The SMILES string of the molecule is Cc1cnnc(NCC2CCCCC2C)c1. The fourth-order valence-corrected chi connectivity index (χ4v) is 2.48. The summed E-state index contributed by atoms with van der Waals surface area (Å²) in [5.41, 5.74) is 1.16. The van der Waals surface area contributed by atoms with Gasteiger partial charge in [-0.05, 0) is 36.8 Å². The molecule has 2 rings (SSSR count). The van der Waals surface area contributed by atoms with Crippen molar-refractivity contribution >= 4 is 5.82 Å². The first-order valence-corrected chi connectivity index (χ1v) is 6.29. The Balaban J connectivity index is 1.86. The van der Waals surface area contributed by atoms with Gasteiger partial charge in [-0.25, -0.2) is 0 Å². The Bertz CT molecular complexity index is 338. The molecule has 1 aliphatic rings. The summed E-state index contributed by atoms with van der Waals surface area (Å²) in [5, 5.41) is 11.5. The molecule has 1 saturated carbocycles. The largest absolute Gasteiger partial charge is 0.368 e. The molecule has 1 aliphatic carbocycles. The maximum Gasteiger partial charge on any atom is 0.148 e. The van der Waals surface area contributed by atoms with Crippen LogP contribution in [0, 0.1) is 18.8 Å². The van der Waals surface area contributed by atoms with Crippen molar-refractivity contribution in [3.05, 3.63) is 17.8 Å². The molecule has 0 aromatic carbocycles. The van der Waals surface area contributed by atoms with Gasteiger partial charge in [0.15, 0.2) is 0 Å². The van der Waals surface area contributed by atoms with Crippen LogP contribution in [-0.4, -0.2) is 16.7 Å². The highest BCUT2D eigenvalue weighted by atomic mass is 15.2. The molecular formula is C13H21N3. The topological polar surface area (TPSA) is 37.8 Å². The van der Waals surface area contributed by atoms with Crippen LogP contribution < -0.4 is 5.32 Å². The zero-order chi connectivity index (χ0) is 11.4. The number of nitrogens with zero attached hydrogens (tertiary/aromatic N) is 2. The van der Waals surface area contributed by atoms with E-state index in [0.717, 1.165) is 29.8 Å². The predicted molar refractivity (Wildman–Crippen MR) is 66.4 cm³/mol. The molecule has 3 nitrogen and oxygen atoms in total. The van der Waals surface area contributed by atoms with E-state index in [2.05, 4.69) is 28.5 Å². The maximum atomic E-state index is 4.09. The summed E-state index contributed by atoms with van der Waals surface area (Å²) in [5.74, 6) is 2.56. The lowest BCUT2D eigenvalue weighted by Gasteiger charge is -2.28. The lowest BCUT2D eigenvalue weighted by molar-refractivity contribution is 0.268. The number of nitrogens with one attached hydrogen (secondary N) is 1. The number of hydrogen-bond donors (Lipinski definition) is 1. The third-order valence-electron chi connectivity index (χ3n) is 3.63. The molecule has 1 aromatic heterocycles. The maximum absolute atomic E-state index is 4.09. The second kappa shape index (κ2) is 5.28. The van der Waals surface area contributed by atoms with Gasteiger partial charge in [0.25, 0.3) is 0 Å². The van der Waals surface area contributed by atoms with Crippen molar-refractivity contribution in [3.63, 3.8) is 0 Å². The van der Waals surface area contributed by atoms with Gasteiger partial charge in [0.2, 0.25) is 0 Å². The first-order chi connectivity index (χ1) is 7.75. The van der Waals surface area contributed by atoms with Crippen LogP contribution >= 0.6 is 0 Å². The highest BCUT2D eigenvalue weighted by molar-refractivity contribution is 5.34. The van der Waals surface area contributed by atoms with E-state index in [1.54, 1.807) is 6.20 Å². The van der Waals surface area contributed by atoms with E-state index in [-0.39, 0.29) is 0 Å². The van der Waals surface area contributed by atoms with Gasteiger partial charge in [-0.3, -0.25) is 0 Å².